The lowest BCUT2D eigenvalue weighted by atomic mass is 9.97. The lowest BCUT2D eigenvalue weighted by molar-refractivity contribution is -0.142. The topological polar surface area (TPSA) is 86.7 Å². The van der Waals surface area contributed by atoms with Crippen LogP contribution in [0.25, 0.3) is 0 Å². The van der Waals surface area contributed by atoms with E-state index in [4.69, 9.17) is 5.11 Å². The van der Waals surface area contributed by atoms with Gasteiger partial charge in [0, 0.05) is 26.6 Å². The highest BCUT2D eigenvalue weighted by Crippen LogP contribution is 2.17. The molecule has 1 aliphatic heterocycles. The fourth-order valence-electron chi connectivity index (χ4n) is 1.99. The van der Waals surface area contributed by atoms with Crippen molar-refractivity contribution in [2.45, 2.75) is 25.7 Å². The Hall–Kier alpha value is -1.59. The van der Waals surface area contributed by atoms with E-state index in [1.165, 1.54) is 0 Å². The molecular formula is C11H18N2O4. The highest BCUT2D eigenvalue weighted by Gasteiger charge is 2.27. The second-order valence-corrected chi connectivity index (χ2v) is 4.19. The van der Waals surface area contributed by atoms with Crippen LogP contribution in [-0.2, 0) is 14.4 Å². The van der Waals surface area contributed by atoms with Gasteiger partial charge in [0.2, 0.25) is 11.8 Å². The van der Waals surface area contributed by atoms with Gasteiger partial charge in [-0.1, -0.05) is 0 Å². The smallest absolute Gasteiger partial charge is 0.303 e. The number of hydrogen-bond acceptors (Lipinski definition) is 3. The van der Waals surface area contributed by atoms with Crippen LogP contribution in [0.5, 0.6) is 0 Å². The molecule has 1 atom stereocenters. The molecule has 17 heavy (non-hydrogen) atoms. The number of nitrogens with zero attached hydrogens (tertiary/aromatic N) is 1. The number of piperidine rings is 1. The third kappa shape index (κ3) is 4.05. The van der Waals surface area contributed by atoms with Crippen LogP contribution in [-0.4, -0.2) is 47.9 Å². The molecule has 96 valence electrons. The Labute approximate surface area is 100.0 Å². The average molecular weight is 242 g/mol. The first-order valence-electron chi connectivity index (χ1n) is 5.75. The molecule has 0 bridgehead atoms. The van der Waals surface area contributed by atoms with E-state index in [0.717, 1.165) is 12.8 Å². The van der Waals surface area contributed by atoms with E-state index < -0.39 is 5.97 Å². The normalized spacial score (nSPS) is 19.8. The monoisotopic (exact) mass is 242 g/mol. The van der Waals surface area contributed by atoms with E-state index in [-0.39, 0.29) is 30.6 Å². The Kier molecular flexibility index (Phi) is 4.93. The fourth-order valence-corrected chi connectivity index (χ4v) is 1.99. The second-order valence-electron chi connectivity index (χ2n) is 4.19. The van der Waals surface area contributed by atoms with Crippen molar-refractivity contribution in [3.63, 3.8) is 0 Å². The number of carbonyl (C=O) groups excluding carboxylic acids is 2. The minimum atomic E-state index is -0.974. The van der Waals surface area contributed by atoms with Gasteiger partial charge in [0.15, 0.2) is 0 Å². The van der Waals surface area contributed by atoms with Crippen LogP contribution in [0.3, 0.4) is 0 Å². The van der Waals surface area contributed by atoms with Crippen LogP contribution in [0.1, 0.15) is 25.7 Å². The standard InChI is InChI=1S/C11H18N2O4/c1-12-11(17)8-3-2-6-13(7-8)9(14)4-5-10(15)16/h8H,2-7H2,1H3,(H,12,17)(H,15,16). The summed E-state index contributed by atoms with van der Waals surface area (Å²) in [5, 5.41) is 11.1. The number of amides is 2. The first-order chi connectivity index (χ1) is 8.04. The number of nitrogens with one attached hydrogen (secondary N) is 1. The largest absolute Gasteiger partial charge is 0.481 e. The van der Waals surface area contributed by atoms with Gasteiger partial charge in [-0.05, 0) is 12.8 Å². The van der Waals surface area contributed by atoms with Gasteiger partial charge in [-0.25, -0.2) is 0 Å². The molecule has 0 aromatic rings. The van der Waals surface area contributed by atoms with Crippen LogP contribution < -0.4 is 5.32 Å². The predicted octanol–water partition coefficient (Wildman–Crippen LogP) is -0.164. The lowest BCUT2D eigenvalue weighted by Crippen LogP contribution is -2.44. The molecule has 0 saturated carbocycles. The molecular weight excluding hydrogens is 224 g/mol. The van der Waals surface area contributed by atoms with Gasteiger partial charge in [-0.2, -0.15) is 0 Å². The molecule has 1 unspecified atom stereocenters. The summed E-state index contributed by atoms with van der Waals surface area (Å²) in [7, 11) is 1.58. The van der Waals surface area contributed by atoms with E-state index in [1.807, 2.05) is 0 Å². The number of hydrogen-bond donors (Lipinski definition) is 2. The summed E-state index contributed by atoms with van der Waals surface area (Å²) in [6.45, 7) is 1.02. The Bertz CT molecular complexity index is 317. The number of likely N-dealkylation sites (tertiary alicyclic amines) is 1. The molecule has 0 aromatic heterocycles. The van der Waals surface area contributed by atoms with E-state index in [0.29, 0.717) is 13.1 Å². The van der Waals surface area contributed by atoms with Crippen molar-refractivity contribution in [2.75, 3.05) is 20.1 Å². The SMILES string of the molecule is CNC(=O)C1CCCN(C(=O)CCC(=O)O)C1. The summed E-state index contributed by atoms with van der Waals surface area (Å²) < 4.78 is 0. The molecule has 0 aliphatic carbocycles. The molecule has 1 aliphatic rings. The zero-order chi connectivity index (χ0) is 12.8. The number of carboxylic acids is 1. The minimum absolute atomic E-state index is 0.00972. The van der Waals surface area contributed by atoms with Crippen LogP contribution in [0, 0.1) is 5.92 Å². The van der Waals surface area contributed by atoms with Crippen molar-refractivity contribution in [2.24, 2.45) is 5.92 Å². The highest BCUT2D eigenvalue weighted by atomic mass is 16.4. The third-order valence-electron chi connectivity index (χ3n) is 2.94. The molecule has 1 fully saturated rings. The summed E-state index contributed by atoms with van der Waals surface area (Å²) in [5.41, 5.74) is 0. The molecule has 0 spiro atoms. The quantitative estimate of drug-likeness (QED) is 0.717. The Morgan fingerprint density at radius 1 is 1.35 bits per heavy atom. The van der Waals surface area contributed by atoms with Crippen molar-refractivity contribution < 1.29 is 19.5 Å². The van der Waals surface area contributed by atoms with Gasteiger partial charge < -0.3 is 15.3 Å². The Morgan fingerprint density at radius 3 is 2.65 bits per heavy atom. The molecule has 2 amide bonds. The van der Waals surface area contributed by atoms with Crippen LogP contribution in [0.15, 0.2) is 0 Å². The minimum Gasteiger partial charge on any atom is -0.481 e. The van der Waals surface area contributed by atoms with Gasteiger partial charge in [-0.3, -0.25) is 14.4 Å². The summed E-state index contributed by atoms with van der Waals surface area (Å²) in [4.78, 5) is 35.1. The van der Waals surface area contributed by atoms with E-state index >= 15 is 0 Å². The van der Waals surface area contributed by atoms with Crippen molar-refractivity contribution in [3.05, 3.63) is 0 Å². The predicted molar refractivity (Wildman–Crippen MR) is 60.2 cm³/mol. The summed E-state index contributed by atoms with van der Waals surface area (Å²) >= 11 is 0. The molecule has 1 heterocycles. The van der Waals surface area contributed by atoms with Crippen LogP contribution >= 0.6 is 0 Å². The Morgan fingerprint density at radius 2 is 2.06 bits per heavy atom. The molecule has 2 N–H and O–H groups in total. The molecule has 6 heteroatoms. The van der Waals surface area contributed by atoms with Crippen molar-refractivity contribution >= 4 is 17.8 Å². The number of rotatable bonds is 4. The summed E-state index contributed by atoms with van der Waals surface area (Å²) in [6, 6.07) is 0. The average Bonchev–Trinajstić information content (AvgIpc) is 2.35. The number of carbonyl (C=O) groups is 3. The van der Waals surface area contributed by atoms with E-state index in [9.17, 15) is 14.4 Å². The molecule has 1 rings (SSSR count). The molecule has 0 radical (unpaired) electrons. The second kappa shape index (κ2) is 6.22. The summed E-state index contributed by atoms with van der Waals surface area (Å²) in [5.74, 6) is -1.37. The van der Waals surface area contributed by atoms with Gasteiger partial charge in [0.05, 0.1) is 12.3 Å². The van der Waals surface area contributed by atoms with Gasteiger partial charge >= 0.3 is 5.97 Å². The number of aliphatic carboxylic acids is 1. The van der Waals surface area contributed by atoms with Gasteiger partial charge in [-0.15, -0.1) is 0 Å². The summed E-state index contributed by atoms with van der Waals surface area (Å²) in [6.07, 6.45) is 1.43. The fraction of sp³-hybridized carbons (Fsp3) is 0.727. The maximum absolute atomic E-state index is 11.7. The Balaban J connectivity index is 2.45. The molecule has 6 nitrogen and oxygen atoms in total. The highest BCUT2D eigenvalue weighted by molar-refractivity contribution is 5.83. The van der Waals surface area contributed by atoms with Crippen LogP contribution in [0.2, 0.25) is 0 Å². The zero-order valence-electron chi connectivity index (χ0n) is 9.94. The first-order valence-corrected chi connectivity index (χ1v) is 5.75. The first kappa shape index (κ1) is 13.5. The maximum atomic E-state index is 11.7. The van der Waals surface area contributed by atoms with Gasteiger partial charge in [0.25, 0.3) is 0 Å². The third-order valence-corrected chi connectivity index (χ3v) is 2.94. The lowest BCUT2D eigenvalue weighted by Gasteiger charge is -2.31. The number of carboxylic acid groups (broad SMARTS) is 1. The zero-order valence-corrected chi connectivity index (χ0v) is 9.94. The van der Waals surface area contributed by atoms with Crippen LogP contribution in [0.4, 0.5) is 0 Å². The van der Waals surface area contributed by atoms with Gasteiger partial charge in [0.1, 0.15) is 0 Å². The maximum Gasteiger partial charge on any atom is 0.303 e. The van der Waals surface area contributed by atoms with E-state index in [2.05, 4.69) is 5.32 Å². The van der Waals surface area contributed by atoms with E-state index in [1.54, 1.807) is 11.9 Å². The van der Waals surface area contributed by atoms with Crippen molar-refractivity contribution in [3.8, 4) is 0 Å². The molecule has 0 aromatic carbocycles. The van der Waals surface area contributed by atoms with Crippen molar-refractivity contribution in [1.29, 1.82) is 0 Å². The molecule has 1 saturated heterocycles. The van der Waals surface area contributed by atoms with Crippen molar-refractivity contribution in [1.82, 2.24) is 10.2 Å².